The lowest BCUT2D eigenvalue weighted by Gasteiger charge is -2.17. The number of hydrogen-bond acceptors (Lipinski definition) is 2. The fourth-order valence-corrected chi connectivity index (χ4v) is 2.83. The minimum Gasteiger partial charge on any atom is -0.313 e. The average molecular weight is 229 g/mol. The zero-order chi connectivity index (χ0) is 10.9. The van der Waals surface area contributed by atoms with Gasteiger partial charge in [0.2, 0.25) is 0 Å². The fraction of sp³-hybridized carbons (Fsp3) is 1.00. The van der Waals surface area contributed by atoms with E-state index in [2.05, 4.69) is 30.9 Å². The standard InChI is InChI=1S/C13H27NS/c1-3-9-14-13(11-15-10-4-2)8-7-12-5-6-12/h12-14H,3-11H2,1-2H3. The maximum atomic E-state index is 3.69. The highest BCUT2D eigenvalue weighted by Gasteiger charge is 2.22. The van der Waals surface area contributed by atoms with Crippen molar-refractivity contribution in [2.24, 2.45) is 5.92 Å². The molecule has 0 spiro atoms. The van der Waals surface area contributed by atoms with Gasteiger partial charge in [-0.15, -0.1) is 0 Å². The van der Waals surface area contributed by atoms with Gasteiger partial charge in [0.1, 0.15) is 0 Å². The van der Waals surface area contributed by atoms with Crippen LogP contribution in [0.4, 0.5) is 0 Å². The molecule has 1 unspecified atom stereocenters. The van der Waals surface area contributed by atoms with Gasteiger partial charge in [-0.05, 0) is 43.9 Å². The maximum Gasteiger partial charge on any atom is 0.0158 e. The minimum atomic E-state index is 0.780. The highest BCUT2D eigenvalue weighted by molar-refractivity contribution is 7.99. The van der Waals surface area contributed by atoms with Gasteiger partial charge in [-0.2, -0.15) is 11.8 Å². The second-order valence-electron chi connectivity index (χ2n) is 4.75. The Kier molecular flexibility index (Phi) is 7.54. The Labute approximate surface area is 99.8 Å². The molecule has 1 aliphatic rings. The van der Waals surface area contributed by atoms with Gasteiger partial charge in [0.05, 0.1) is 0 Å². The van der Waals surface area contributed by atoms with Crippen LogP contribution in [0.15, 0.2) is 0 Å². The summed E-state index contributed by atoms with van der Waals surface area (Å²) in [5, 5.41) is 3.69. The molecule has 1 N–H and O–H groups in total. The third-order valence-electron chi connectivity index (χ3n) is 2.97. The van der Waals surface area contributed by atoms with Gasteiger partial charge in [0.15, 0.2) is 0 Å². The van der Waals surface area contributed by atoms with Gasteiger partial charge in [-0.25, -0.2) is 0 Å². The van der Waals surface area contributed by atoms with E-state index < -0.39 is 0 Å². The van der Waals surface area contributed by atoms with Crippen LogP contribution in [0.1, 0.15) is 52.4 Å². The van der Waals surface area contributed by atoms with E-state index in [1.807, 2.05) is 0 Å². The van der Waals surface area contributed by atoms with Gasteiger partial charge in [-0.3, -0.25) is 0 Å². The Morgan fingerprint density at radius 2 is 2.07 bits per heavy atom. The summed E-state index contributed by atoms with van der Waals surface area (Å²) in [5.41, 5.74) is 0. The van der Waals surface area contributed by atoms with Gasteiger partial charge in [0, 0.05) is 11.8 Å². The number of rotatable bonds is 10. The Morgan fingerprint density at radius 3 is 2.67 bits per heavy atom. The first-order chi connectivity index (χ1) is 7.36. The molecule has 90 valence electrons. The molecule has 0 aliphatic heterocycles. The van der Waals surface area contributed by atoms with Crippen molar-refractivity contribution in [2.75, 3.05) is 18.1 Å². The topological polar surface area (TPSA) is 12.0 Å². The summed E-state index contributed by atoms with van der Waals surface area (Å²) in [5.74, 6) is 3.74. The second kappa shape index (κ2) is 8.46. The zero-order valence-electron chi connectivity index (χ0n) is 10.4. The third kappa shape index (κ3) is 7.24. The first-order valence-electron chi connectivity index (χ1n) is 6.68. The maximum absolute atomic E-state index is 3.69. The zero-order valence-corrected chi connectivity index (χ0v) is 11.2. The molecule has 1 rings (SSSR count). The van der Waals surface area contributed by atoms with Crippen LogP contribution in [-0.4, -0.2) is 24.1 Å². The minimum absolute atomic E-state index is 0.780. The lowest BCUT2D eigenvalue weighted by atomic mass is 10.1. The summed E-state index contributed by atoms with van der Waals surface area (Å²) in [6.07, 6.45) is 8.45. The van der Waals surface area contributed by atoms with Crippen molar-refractivity contribution in [3.8, 4) is 0 Å². The van der Waals surface area contributed by atoms with Crippen molar-refractivity contribution in [3.63, 3.8) is 0 Å². The van der Waals surface area contributed by atoms with Gasteiger partial charge >= 0.3 is 0 Å². The second-order valence-corrected chi connectivity index (χ2v) is 5.90. The van der Waals surface area contributed by atoms with E-state index in [1.54, 1.807) is 0 Å². The van der Waals surface area contributed by atoms with Crippen LogP contribution in [0.25, 0.3) is 0 Å². The van der Waals surface area contributed by atoms with Gasteiger partial charge < -0.3 is 5.32 Å². The summed E-state index contributed by atoms with van der Waals surface area (Å²) < 4.78 is 0. The molecule has 1 aliphatic carbocycles. The van der Waals surface area contributed by atoms with E-state index in [0.717, 1.165) is 12.0 Å². The molecule has 1 atom stereocenters. The molecule has 1 saturated carbocycles. The Morgan fingerprint density at radius 1 is 1.27 bits per heavy atom. The number of hydrogen-bond donors (Lipinski definition) is 1. The molecular weight excluding hydrogens is 202 g/mol. The summed E-state index contributed by atoms with van der Waals surface area (Å²) >= 11 is 2.12. The Hall–Kier alpha value is 0.310. The quantitative estimate of drug-likeness (QED) is 0.573. The lowest BCUT2D eigenvalue weighted by molar-refractivity contribution is 0.489. The van der Waals surface area contributed by atoms with E-state index in [0.29, 0.717) is 0 Å². The normalized spacial score (nSPS) is 18.0. The highest BCUT2D eigenvalue weighted by atomic mass is 32.2. The van der Waals surface area contributed by atoms with Crippen molar-refractivity contribution in [1.29, 1.82) is 0 Å². The Bertz CT molecular complexity index is 145. The van der Waals surface area contributed by atoms with E-state index in [1.165, 1.54) is 56.6 Å². The van der Waals surface area contributed by atoms with E-state index in [4.69, 9.17) is 0 Å². The molecule has 0 amide bonds. The van der Waals surface area contributed by atoms with Crippen LogP contribution >= 0.6 is 11.8 Å². The van der Waals surface area contributed by atoms with Crippen LogP contribution in [0.3, 0.4) is 0 Å². The molecule has 0 heterocycles. The fourth-order valence-electron chi connectivity index (χ4n) is 1.81. The molecule has 0 bridgehead atoms. The largest absolute Gasteiger partial charge is 0.313 e. The molecule has 0 radical (unpaired) electrons. The molecule has 0 saturated heterocycles. The third-order valence-corrected chi connectivity index (χ3v) is 4.31. The SMILES string of the molecule is CCCNC(CCC1CC1)CSCCC. The molecular formula is C13H27NS. The predicted octanol–water partition coefficient (Wildman–Crippen LogP) is 3.69. The highest BCUT2D eigenvalue weighted by Crippen LogP contribution is 2.34. The lowest BCUT2D eigenvalue weighted by Crippen LogP contribution is -2.32. The molecule has 1 fully saturated rings. The molecule has 15 heavy (non-hydrogen) atoms. The van der Waals surface area contributed by atoms with E-state index >= 15 is 0 Å². The van der Waals surface area contributed by atoms with Crippen molar-refractivity contribution in [3.05, 3.63) is 0 Å². The van der Waals surface area contributed by atoms with Crippen molar-refractivity contribution in [2.45, 2.75) is 58.4 Å². The number of nitrogens with one attached hydrogen (secondary N) is 1. The van der Waals surface area contributed by atoms with Crippen LogP contribution in [0.2, 0.25) is 0 Å². The smallest absolute Gasteiger partial charge is 0.0158 e. The molecule has 1 nitrogen and oxygen atoms in total. The summed E-state index contributed by atoms with van der Waals surface area (Å²) in [6, 6.07) is 0.780. The average Bonchev–Trinajstić information content (AvgIpc) is 3.05. The molecule has 0 aromatic heterocycles. The number of thioether (sulfide) groups is 1. The monoisotopic (exact) mass is 229 g/mol. The van der Waals surface area contributed by atoms with Crippen molar-refractivity contribution >= 4 is 11.8 Å². The van der Waals surface area contributed by atoms with Gasteiger partial charge in [0.25, 0.3) is 0 Å². The summed E-state index contributed by atoms with van der Waals surface area (Å²) in [4.78, 5) is 0. The van der Waals surface area contributed by atoms with Crippen LogP contribution in [0, 0.1) is 5.92 Å². The summed E-state index contributed by atoms with van der Waals surface area (Å²) in [6.45, 7) is 5.72. The molecule has 0 aromatic rings. The first kappa shape index (κ1) is 13.4. The summed E-state index contributed by atoms with van der Waals surface area (Å²) in [7, 11) is 0. The van der Waals surface area contributed by atoms with Crippen molar-refractivity contribution < 1.29 is 0 Å². The predicted molar refractivity (Wildman–Crippen MR) is 71.7 cm³/mol. The van der Waals surface area contributed by atoms with Crippen LogP contribution in [-0.2, 0) is 0 Å². The van der Waals surface area contributed by atoms with E-state index in [9.17, 15) is 0 Å². The van der Waals surface area contributed by atoms with Crippen LogP contribution in [0.5, 0.6) is 0 Å². The molecule has 0 aromatic carbocycles. The van der Waals surface area contributed by atoms with Crippen LogP contribution < -0.4 is 5.32 Å². The first-order valence-corrected chi connectivity index (χ1v) is 7.83. The molecule has 2 heteroatoms. The van der Waals surface area contributed by atoms with E-state index in [-0.39, 0.29) is 0 Å². The van der Waals surface area contributed by atoms with Gasteiger partial charge in [-0.1, -0.05) is 26.7 Å². The Balaban J connectivity index is 2.05. The van der Waals surface area contributed by atoms with Crippen molar-refractivity contribution in [1.82, 2.24) is 5.32 Å².